The van der Waals surface area contributed by atoms with Crippen LogP contribution in [0.25, 0.3) is 0 Å². The molecule has 21 heavy (non-hydrogen) atoms. The molecular weight excluding hydrogens is 258 g/mol. The maximum atomic E-state index is 11.9. The third-order valence-electron chi connectivity index (χ3n) is 3.67. The second-order valence-electron chi connectivity index (χ2n) is 5.45. The number of aryl methyl sites for hydroxylation is 1. The number of hydrogen-bond donors (Lipinski definition) is 1. The van der Waals surface area contributed by atoms with Gasteiger partial charge in [-0.3, -0.25) is 4.79 Å². The molecule has 2 rings (SSSR count). The first-order chi connectivity index (χ1) is 10.3. The molecule has 0 aliphatic heterocycles. The maximum Gasteiger partial charge on any atom is 0.220 e. The Bertz CT molecular complexity index is 536. The molecule has 0 aromatic heterocycles. The lowest BCUT2D eigenvalue weighted by Crippen LogP contribution is -2.25. The summed E-state index contributed by atoms with van der Waals surface area (Å²) in [6, 6.07) is 20.6. The molecule has 0 spiro atoms. The summed E-state index contributed by atoms with van der Waals surface area (Å²) in [5, 5.41) is 3.01. The molecule has 2 aromatic carbocycles. The second kappa shape index (κ2) is 8.25. The van der Waals surface area contributed by atoms with Crippen LogP contribution in [0.3, 0.4) is 0 Å². The molecule has 2 nitrogen and oxygen atoms in total. The Labute approximate surface area is 127 Å². The molecule has 0 radical (unpaired) electrons. The number of amides is 1. The average molecular weight is 281 g/mol. The summed E-state index contributed by atoms with van der Waals surface area (Å²) in [5.41, 5.74) is 2.54. The molecule has 1 atom stereocenters. The van der Waals surface area contributed by atoms with Crippen LogP contribution >= 0.6 is 0 Å². The van der Waals surface area contributed by atoms with Crippen molar-refractivity contribution in [2.24, 2.45) is 0 Å². The van der Waals surface area contributed by atoms with Gasteiger partial charge in [0.1, 0.15) is 0 Å². The van der Waals surface area contributed by atoms with Gasteiger partial charge in [-0.1, -0.05) is 67.6 Å². The highest BCUT2D eigenvalue weighted by Crippen LogP contribution is 2.17. The Kier molecular flexibility index (Phi) is 6.01. The number of carbonyl (C=O) groups excluding carboxylic acids is 1. The number of rotatable bonds is 7. The maximum absolute atomic E-state index is 11.9. The Balaban J connectivity index is 1.66. The summed E-state index contributed by atoms with van der Waals surface area (Å²) >= 11 is 0. The van der Waals surface area contributed by atoms with Gasteiger partial charge in [0.15, 0.2) is 0 Å². The van der Waals surface area contributed by atoms with E-state index in [1.165, 1.54) is 11.1 Å². The Morgan fingerprint density at radius 1 is 1.00 bits per heavy atom. The molecule has 0 aliphatic carbocycles. The van der Waals surface area contributed by atoms with Crippen molar-refractivity contribution in [2.75, 3.05) is 6.54 Å². The van der Waals surface area contributed by atoms with Gasteiger partial charge in [-0.15, -0.1) is 0 Å². The minimum Gasteiger partial charge on any atom is -0.356 e. The van der Waals surface area contributed by atoms with Gasteiger partial charge in [0.05, 0.1) is 0 Å². The van der Waals surface area contributed by atoms with Crippen LogP contribution in [0.15, 0.2) is 60.7 Å². The topological polar surface area (TPSA) is 29.1 Å². The molecule has 0 heterocycles. The Hall–Kier alpha value is -2.09. The second-order valence-corrected chi connectivity index (χ2v) is 5.45. The van der Waals surface area contributed by atoms with Gasteiger partial charge in [-0.05, 0) is 29.9 Å². The molecule has 0 saturated heterocycles. The molecule has 0 bridgehead atoms. The van der Waals surface area contributed by atoms with E-state index >= 15 is 0 Å². The quantitative estimate of drug-likeness (QED) is 0.765. The van der Waals surface area contributed by atoms with Gasteiger partial charge in [0, 0.05) is 13.0 Å². The molecule has 1 unspecified atom stereocenters. The number of nitrogens with one attached hydrogen (secondary N) is 1. The molecule has 1 amide bonds. The van der Waals surface area contributed by atoms with Gasteiger partial charge in [-0.25, -0.2) is 0 Å². The van der Waals surface area contributed by atoms with Crippen molar-refractivity contribution >= 4 is 5.91 Å². The third-order valence-corrected chi connectivity index (χ3v) is 3.67. The fourth-order valence-corrected chi connectivity index (χ4v) is 2.41. The van der Waals surface area contributed by atoms with Crippen molar-refractivity contribution in [1.82, 2.24) is 5.32 Å². The van der Waals surface area contributed by atoms with Crippen LogP contribution in [0.1, 0.15) is 36.8 Å². The summed E-state index contributed by atoms with van der Waals surface area (Å²) in [6.07, 6.45) is 2.54. The zero-order chi connectivity index (χ0) is 14.9. The van der Waals surface area contributed by atoms with E-state index in [9.17, 15) is 4.79 Å². The first-order valence-corrected chi connectivity index (χ1v) is 7.61. The summed E-state index contributed by atoms with van der Waals surface area (Å²) in [5.74, 6) is 0.403. The molecule has 0 saturated carbocycles. The van der Waals surface area contributed by atoms with Crippen LogP contribution in [0.2, 0.25) is 0 Å². The predicted molar refractivity (Wildman–Crippen MR) is 87.2 cm³/mol. The van der Waals surface area contributed by atoms with Crippen LogP contribution in [0, 0.1) is 0 Å². The van der Waals surface area contributed by atoms with E-state index in [-0.39, 0.29) is 11.8 Å². The summed E-state index contributed by atoms with van der Waals surface area (Å²) in [7, 11) is 0. The minimum absolute atomic E-state index is 0.138. The van der Waals surface area contributed by atoms with Crippen molar-refractivity contribution in [2.45, 2.75) is 32.1 Å². The van der Waals surface area contributed by atoms with Crippen molar-refractivity contribution < 1.29 is 4.79 Å². The van der Waals surface area contributed by atoms with Crippen molar-refractivity contribution in [3.63, 3.8) is 0 Å². The van der Waals surface area contributed by atoms with Crippen LogP contribution in [0.4, 0.5) is 0 Å². The van der Waals surface area contributed by atoms with E-state index in [1.54, 1.807) is 0 Å². The van der Waals surface area contributed by atoms with Gasteiger partial charge < -0.3 is 5.32 Å². The van der Waals surface area contributed by atoms with E-state index < -0.39 is 0 Å². The Morgan fingerprint density at radius 3 is 2.29 bits per heavy atom. The summed E-state index contributed by atoms with van der Waals surface area (Å²) < 4.78 is 0. The minimum atomic E-state index is 0.138. The highest BCUT2D eigenvalue weighted by Gasteiger charge is 2.10. The fraction of sp³-hybridized carbons (Fsp3) is 0.316. The molecule has 2 aromatic rings. The number of hydrogen-bond acceptors (Lipinski definition) is 1. The lowest BCUT2D eigenvalue weighted by molar-refractivity contribution is -0.121. The molecule has 110 valence electrons. The number of benzene rings is 2. The van der Waals surface area contributed by atoms with Crippen LogP contribution in [0.5, 0.6) is 0 Å². The van der Waals surface area contributed by atoms with Crippen molar-refractivity contribution in [3.05, 3.63) is 71.8 Å². The monoisotopic (exact) mass is 281 g/mol. The smallest absolute Gasteiger partial charge is 0.220 e. The largest absolute Gasteiger partial charge is 0.356 e. The molecule has 0 aliphatic rings. The fourth-order valence-electron chi connectivity index (χ4n) is 2.41. The highest BCUT2D eigenvalue weighted by molar-refractivity contribution is 5.76. The van der Waals surface area contributed by atoms with Gasteiger partial charge in [-0.2, -0.15) is 0 Å². The normalized spacial score (nSPS) is 11.9. The van der Waals surface area contributed by atoms with E-state index in [1.807, 2.05) is 24.3 Å². The first kappa shape index (κ1) is 15.3. The molecule has 1 N–H and O–H groups in total. The lowest BCUT2D eigenvalue weighted by atomic mass is 9.97. The third kappa shape index (κ3) is 5.42. The highest BCUT2D eigenvalue weighted by atomic mass is 16.1. The van der Waals surface area contributed by atoms with Crippen molar-refractivity contribution in [1.29, 1.82) is 0 Å². The zero-order valence-corrected chi connectivity index (χ0v) is 12.6. The summed E-state index contributed by atoms with van der Waals surface area (Å²) in [4.78, 5) is 11.9. The van der Waals surface area contributed by atoms with E-state index in [0.29, 0.717) is 6.42 Å². The van der Waals surface area contributed by atoms with E-state index in [4.69, 9.17) is 0 Å². The number of carbonyl (C=O) groups is 1. The first-order valence-electron chi connectivity index (χ1n) is 7.61. The van der Waals surface area contributed by atoms with Crippen LogP contribution in [-0.2, 0) is 11.2 Å². The van der Waals surface area contributed by atoms with Crippen molar-refractivity contribution in [3.8, 4) is 0 Å². The molecule has 2 heteroatoms. The SMILES string of the molecule is CC(CC(=O)NCCCc1ccccc1)c1ccccc1. The Morgan fingerprint density at radius 2 is 1.62 bits per heavy atom. The standard InChI is InChI=1S/C19H23NO/c1-16(18-12-6-3-7-13-18)15-19(21)20-14-8-11-17-9-4-2-5-10-17/h2-7,9-10,12-13,16H,8,11,14-15H2,1H3,(H,20,21). The zero-order valence-electron chi connectivity index (χ0n) is 12.6. The summed E-state index contributed by atoms with van der Waals surface area (Å²) in [6.45, 7) is 2.84. The molecule has 0 fully saturated rings. The predicted octanol–water partition coefficient (Wildman–Crippen LogP) is 3.93. The van der Waals surface area contributed by atoms with Gasteiger partial charge >= 0.3 is 0 Å². The van der Waals surface area contributed by atoms with E-state index in [2.05, 4.69) is 48.6 Å². The average Bonchev–Trinajstić information content (AvgIpc) is 2.53. The van der Waals surface area contributed by atoms with Gasteiger partial charge in [0.2, 0.25) is 5.91 Å². The van der Waals surface area contributed by atoms with Gasteiger partial charge in [0.25, 0.3) is 0 Å². The molecular formula is C19H23NO. The van der Waals surface area contributed by atoms with Crippen LogP contribution < -0.4 is 5.32 Å². The van der Waals surface area contributed by atoms with Crippen LogP contribution in [-0.4, -0.2) is 12.5 Å². The van der Waals surface area contributed by atoms with E-state index in [0.717, 1.165) is 19.4 Å². The lowest BCUT2D eigenvalue weighted by Gasteiger charge is -2.12.